The number of aliphatic hydroxyl groups is 1. The molecule has 0 fully saturated rings. The SMILES string of the molecule is C.CC(=O)CBr.CCO.Cc1cn2ccncc2n1.Nc1cnccn1. The molecule has 9 heteroatoms. The monoisotopic (exact) mass is 426 g/mol. The standard InChI is InChI=1S/C7H7N3.C4H5N3.C3H5BrO.C2H6O.CH4/c1-6-5-10-3-2-8-4-7(10)9-6;5-4-3-6-1-2-7-4;1-3(5)2-4;1-2-3;/h2-5H,1H3;1-3H,(H2,5,7);2H2,1H3;3H,2H2,1H3;1H4. The fourth-order valence-corrected chi connectivity index (χ4v) is 1.28. The second kappa shape index (κ2) is 16.1. The van der Waals surface area contributed by atoms with Crippen LogP contribution in [0.3, 0.4) is 0 Å². The summed E-state index contributed by atoms with van der Waals surface area (Å²) in [6.45, 7) is 5.43. The number of rotatable bonds is 1. The minimum absolute atomic E-state index is 0. The van der Waals surface area contributed by atoms with Crippen molar-refractivity contribution in [3.8, 4) is 0 Å². The Balaban J connectivity index is 0. The Labute approximate surface area is 162 Å². The molecule has 8 nitrogen and oxygen atoms in total. The summed E-state index contributed by atoms with van der Waals surface area (Å²) < 4.78 is 1.95. The van der Waals surface area contributed by atoms with Gasteiger partial charge >= 0.3 is 0 Å². The van der Waals surface area contributed by atoms with Crippen molar-refractivity contribution in [2.75, 3.05) is 17.7 Å². The maximum Gasteiger partial charge on any atom is 0.155 e. The van der Waals surface area contributed by atoms with Crippen molar-refractivity contribution >= 4 is 33.2 Å². The van der Waals surface area contributed by atoms with Crippen LogP contribution < -0.4 is 5.73 Å². The Morgan fingerprint density at radius 2 is 1.85 bits per heavy atom. The van der Waals surface area contributed by atoms with Gasteiger partial charge in [-0.3, -0.25) is 14.8 Å². The average molecular weight is 427 g/mol. The van der Waals surface area contributed by atoms with Gasteiger partial charge in [0.25, 0.3) is 0 Å². The third kappa shape index (κ3) is 13.0. The van der Waals surface area contributed by atoms with Crippen LogP contribution in [0.1, 0.15) is 27.0 Å². The number of aryl methyl sites for hydroxylation is 1. The molecule has 0 atom stereocenters. The molecule has 144 valence electrons. The normalized spacial score (nSPS) is 8.50. The van der Waals surface area contributed by atoms with Gasteiger partial charge in [-0.05, 0) is 20.8 Å². The lowest BCUT2D eigenvalue weighted by Crippen LogP contribution is -1.87. The van der Waals surface area contributed by atoms with E-state index in [9.17, 15) is 4.79 Å². The molecule has 3 aromatic heterocycles. The maximum absolute atomic E-state index is 9.77. The van der Waals surface area contributed by atoms with Gasteiger partial charge in [-0.25, -0.2) is 9.97 Å². The number of anilines is 1. The van der Waals surface area contributed by atoms with Crippen LogP contribution in [0.2, 0.25) is 0 Å². The Morgan fingerprint density at radius 3 is 2.23 bits per heavy atom. The van der Waals surface area contributed by atoms with Crippen LogP contribution in [0.15, 0.2) is 43.4 Å². The molecule has 0 saturated carbocycles. The van der Waals surface area contributed by atoms with Gasteiger partial charge in [0.2, 0.25) is 0 Å². The first-order chi connectivity index (χ1) is 11.9. The van der Waals surface area contributed by atoms with Crippen LogP contribution in [-0.4, -0.2) is 47.2 Å². The van der Waals surface area contributed by atoms with E-state index < -0.39 is 0 Å². The number of halogens is 1. The third-order valence-corrected chi connectivity index (χ3v) is 2.95. The van der Waals surface area contributed by atoms with Gasteiger partial charge in [0, 0.05) is 37.6 Å². The number of ketones is 1. The number of nitrogens with zero attached hydrogens (tertiary/aromatic N) is 5. The lowest BCUT2D eigenvalue weighted by molar-refractivity contribution is -0.114. The highest BCUT2D eigenvalue weighted by Gasteiger charge is 1.93. The molecule has 0 radical (unpaired) electrons. The molecule has 3 aromatic rings. The van der Waals surface area contributed by atoms with Gasteiger partial charge in [0.05, 0.1) is 23.4 Å². The topological polar surface area (TPSA) is 119 Å². The van der Waals surface area contributed by atoms with E-state index in [1.54, 1.807) is 31.7 Å². The van der Waals surface area contributed by atoms with Crippen LogP contribution in [0.5, 0.6) is 0 Å². The molecule has 0 aromatic carbocycles. The van der Waals surface area contributed by atoms with E-state index in [4.69, 9.17) is 10.8 Å². The smallest absolute Gasteiger partial charge is 0.155 e. The average Bonchev–Trinajstić information content (AvgIpc) is 2.97. The van der Waals surface area contributed by atoms with Gasteiger partial charge in [0.15, 0.2) is 5.65 Å². The van der Waals surface area contributed by atoms with Crippen LogP contribution in [0.25, 0.3) is 5.65 Å². The number of hydrogen-bond donors (Lipinski definition) is 2. The number of hydrogen-bond acceptors (Lipinski definition) is 7. The zero-order valence-electron chi connectivity index (χ0n) is 14.5. The molecule has 0 bridgehead atoms. The number of carbonyl (C=O) groups is 1. The predicted molar refractivity (Wildman–Crippen MR) is 108 cm³/mol. The van der Waals surface area contributed by atoms with E-state index in [2.05, 4.69) is 35.9 Å². The molecule has 3 N–H and O–H groups in total. The highest BCUT2D eigenvalue weighted by atomic mass is 79.9. The highest BCUT2D eigenvalue weighted by molar-refractivity contribution is 9.09. The van der Waals surface area contributed by atoms with E-state index in [0.29, 0.717) is 11.1 Å². The number of carbonyl (C=O) groups excluding carboxylic acids is 1. The zero-order chi connectivity index (χ0) is 19.1. The van der Waals surface area contributed by atoms with Crippen molar-refractivity contribution in [1.82, 2.24) is 24.3 Å². The quantitative estimate of drug-likeness (QED) is 0.573. The molecule has 0 aliphatic rings. The third-order valence-electron chi connectivity index (χ3n) is 2.16. The highest BCUT2D eigenvalue weighted by Crippen LogP contribution is 1.99. The summed E-state index contributed by atoms with van der Waals surface area (Å²) in [7, 11) is 0. The van der Waals surface area contributed by atoms with Crippen LogP contribution >= 0.6 is 15.9 Å². The lowest BCUT2D eigenvalue weighted by atomic mass is 10.5. The van der Waals surface area contributed by atoms with Crippen molar-refractivity contribution in [1.29, 1.82) is 0 Å². The number of aromatic nitrogens is 5. The van der Waals surface area contributed by atoms with Gasteiger partial charge in [-0.15, -0.1) is 0 Å². The summed E-state index contributed by atoms with van der Waals surface area (Å²) in [5.74, 6) is 0.632. The number of nitrogen functional groups attached to an aromatic ring is 1. The largest absolute Gasteiger partial charge is 0.397 e. The minimum atomic E-state index is 0. The van der Waals surface area contributed by atoms with Crippen molar-refractivity contribution in [3.05, 3.63) is 49.1 Å². The van der Waals surface area contributed by atoms with Crippen LogP contribution in [-0.2, 0) is 4.79 Å². The Morgan fingerprint density at radius 1 is 1.27 bits per heavy atom. The second-order valence-corrected chi connectivity index (χ2v) is 5.07. The summed E-state index contributed by atoms with van der Waals surface area (Å²) in [5.41, 5.74) is 7.11. The number of alkyl halides is 1. The van der Waals surface area contributed by atoms with E-state index in [0.717, 1.165) is 11.3 Å². The van der Waals surface area contributed by atoms with E-state index in [1.165, 1.54) is 13.1 Å². The Bertz CT molecular complexity index is 688. The van der Waals surface area contributed by atoms with Gasteiger partial charge in [0.1, 0.15) is 11.6 Å². The van der Waals surface area contributed by atoms with Gasteiger partial charge < -0.3 is 15.2 Å². The molecule has 0 unspecified atom stereocenters. The summed E-state index contributed by atoms with van der Waals surface area (Å²) in [6, 6.07) is 0. The number of nitrogens with two attached hydrogens (primary N) is 1. The van der Waals surface area contributed by atoms with E-state index in [-0.39, 0.29) is 19.8 Å². The first-order valence-electron chi connectivity index (χ1n) is 7.37. The van der Waals surface area contributed by atoms with Crippen molar-refractivity contribution in [2.24, 2.45) is 0 Å². The second-order valence-electron chi connectivity index (χ2n) is 4.51. The Hall–Kier alpha value is -2.39. The van der Waals surface area contributed by atoms with E-state index in [1.807, 2.05) is 23.7 Å². The molecule has 3 rings (SSSR count). The molecular weight excluding hydrogens is 400 g/mol. The van der Waals surface area contributed by atoms with Crippen LogP contribution in [0, 0.1) is 6.92 Å². The summed E-state index contributed by atoms with van der Waals surface area (Å²) in [6.07, 6.45) is 12.0. The fourth-order valence-electron chi connectivity index (χ4n) is 1.28. The number of imidazole rings is 1. The predicted octanol–water partition coefficient (Wildman–Crippen LogP) is 2.70. The maximum atomic E-state index is 9.77. The van der Waals surface area contributed by atoms with Crippen molar-refractivity contribution in [3.63, 3.8) is 0 Å². The summed E-state index contributed by atoms with van der Waals surface area (Å²) >= 11 is 2.96. The fraction of sp³-hybridized carbons (Fsp3) is 0.353. The molecule has 0 aliphatic heterocycles. The first-order valence-corrected chi connectivity index (χ1v) is 8.49. The minimum Gasteiger partial charge on any atom is -0.397 e. The summed E-state index contributed by atoms with van der Waals surface area (Å²) in [5, 5.41) is 8.05. The molecule has 0 spiro atoms. The molecular formula is C17H27BrN6O2. The molecule has 0 saturated heterocycles. The Kier molecular flexibility index (Phi) is 16.0. The van der Waals surface area contributed by atoms with Crippen molar-refractivity contribution < 1.29 is 9.90 Å². The van der Waals surface area contributed by atoms with Gasteiger partial charge in [-0.1, -0.05) is 23.4 Å². The van der Waals surface area contributed by atoms with Crippen molar-refractivity contribution in [2.45, 2.75) is 28.2 Å². The molecule has 0 aliphatic carbocycles. The zero-order valence-corrected chi connectivity index (χ0v) is 16.1. The first kappa shape index (κ1) is 25.8. The molecule has 3 heterocycles. The van der Waals surface area contributed by atoms with Gasteiger partial charge in [-0.2, -0.15) is 0 Å². The number of aliphatic hydroxyl groups excluding tert-OH is 1. The summed E-state index contributed by atoms with van der Waals surface area (Å²) in [4.78, 5) is 25.3. The van der Waals surface area contributed by atoms with Crippen LogP contribution in [0.4, 0.5) is 5.82 Å². The lowest BCUT2D eigenvalue weighted by Gasteiger charge is -1.86. The molecule has 26 heavy (non-hydrogen) atoms. The van der Waals surface area contributed by atoms with E-state index >= 15 is 0 Å². The molecule has 0 amide bonds. The number of fused-ring (bicyclic) bond motifs is 1. The number of Topliss-reactive ketones (excluding diaryl/α,β-unsaturated/α-hetero) is 1.